The third-order valence-electron chi connectivity index (χ3n) is 6.29. The molecule has 0 aliphatic heterocycles. The molecule has 1 radical (unpaired) electrons. The van der Waals surface area contributed by atoms with Crippen molar-refractivity contribution in [1.82, 2.24) is 5.32 Å². The third kappa shape index (κ3) is 5.37. The zero-order valence-electron chi connectivity index (χ0n) is 19.6. The van der Waals surface area contributed by atoms with E-state index >= 15 is 0 Å². The molecule has 0 heterocycles. The Hall–Kier alpha value is -0.833. The molecule has 2 atom stereocenters. The minimum Gasteiger partial charge on any atom is -0.349 e. The third-order valence-corrected chi connectivity index (χ3v) is 11.8. The summed E-state index contributed by atoms with van der Waals surface area (Å²) in [5, 5.41) is 3.86. The van der Waals surface area contributed by atoms with Crippen LogP contribution in [0, 0.1) is 11.5 Å². The molecule has 0 spiro atoms. The molecule has 1 aliphatic rings. The number of hydrogen-bond donors (Lipinski definition) is 1. The molecule has 0 fully saturated rings. The first-order valence-corrected chi connectivity index (χ1v) is 12.7. The summed E-state index contributed by atoms with van der Waals surface area (Å²) in [6.45, 7) is 23.4. The van der Waals surface area contributed by atoms with Crippen molar-refractivity contribution in [3.8, 4) is 0 Å². The van der Waals surface area contributed by atoms with Crippen LogP contribution in [0.15, 0.2) is 23.8 Å². The average molecular weight is 391 g/mol. The van der Waals surface area contributed by atoms with Crippen LogP contribution in [0.5, 0.6) is 0 Å². The van der Waals surface area contributed by atoms with Crippen LogP contribution in [0.2, 0.25) is 15.6 Å². The van der Waals surface area contributed by atoms with Crippen molar-refractivity contribution in [2.75, 3.05) is 0 Å². The van der Waals surface area contributed by atoms with Gasteiger partial charge in [0.05, 0.1) is 14.8 Å². The molecule has 0 aromatic carbocycles. The van der Waals surface area contributed by atoms with Crippen molar-refractivity contribution in [3.05, 3.63) is 29.8 Å². The highest BCUT2D eigenvalue weighted by Gasteiger charge is 2.53. The fourth-order valence-electron chi connectivity index (χ4n) is 5.73. The van der Waals surface area contributed by atoms with Gasteiger partial charge in [-0.15, -0.1) is 0 Å². The molecule has 2 nitrogen and oxygen atoms in total. The van der Waals surface area contributed by atoms with E-state index in [4.69, 9.17) is 0 Å². The number of hydrogen-bond acceptors (Lipinski definition) is 1. The minimum atomic E-state index is -1.40. The van der Waals surface area contributed by atoms with Gasteiger partial charge in [0.1, 0.15) is 0 Å². The van der Waals surface area contributed by atoms with E-state index in [1.165, 1.54) is 11.6 Å². The van der Waals surface area contributed by atoms with E-state index in [1.807, 2.05) is 0 Å². The van der Waals surface area contributed by atoms with Crippen LogP contribution in [-0.2, 0) is 4.79 Å². The molecule has 0 aromatic rings. The van der Waals surface area contributed by atoms with Crippen molar-refractivity contribution in [2.45, 2.75) is 111 Å². The van der Waals surface area contributed by atoms with Gasteiger partial charge in [-0.2, -0.15) is 0 Å². The largest absolute Gasteiger partial charge is 0.349 e. The predicted octanol–water partition coefficient (Wildman–Crippen LogP) is 6.95. The first-order valence-electron chi connectivity index (χ1n) is 10.9. The molecule has 2 unspecified atom stereocenters. The van der Waals surface area contributed by atoms with Gasteiger partial charge in [-0.1, -0.05) is 86.1 Å². The second kappa shape index (κ2) is 9.11. The Labute approximate surface area is 170 Å². The Balaban J connectivity index is 3.54. The fraction of sp³-hybridized carbons (Fsp3) is 0.750. The fourth-order valence-corrected chi connectivity index (χ4v) is 12.1. The molecule has 1 amide bonds. The summed E-state index contributed by atoms with van der Waals surface area (Å²) in [7, 11) is -1.40. The van der Waals surface area contributed by atoms with Gasteiger partial charge in [0.25, 0.3) is 0 Å². The molecule has 1 aliphatic carbocycles. The maximum absolute atomic E-state index is 12.5. The van der Waals surface area contributed by atoms with Crippen LogP contribution >= 0.6 is 0 Å². The predicted molar refractivity (Wildman–Crippen MR) is 123 cm³/mol. The average Bonchev–Trinajstić information content (AvgIpc) is 2.93. The Kier molecular flexibility index (Phi) is 8.17. The number of allylic oxidation sites excluding steroid dienone is 4. The number of nitrogens with one attached hydrogen (secondary N) is 1. The van der Waals surface area contributed by atoms with E-state index in [1.54, 1.807) is 0 Å². The van der Waals surface area contributed by atoms with E-state index in [2.05, 4.69) is 92.8 Å². The smallest absolute Gasteiger partial charge is 0.220 e. The second-order valence-electron chi connectivity index (χ2n) is 10.5. The Morgan fingerprint density at radius 3 is 2.07 bits per heavy atom. The van der Waals surface area contributed by atoms with E-state index in [-0.39, 0.29) is 21.4 Å². The lowest BCUT2D eigenvalue weighted by atomic mass is 9.73. The zero-order valence-corrected chi connectivity index (χ0v) is 20.8. The standard InChI is InChI=1S/C24H44NOSi/c1-11-15-20(26)25-18(4)21(27(22(5,6)7)23(8,9)10)24(13-3)17-14-16-19(24)12-2/h14,16-17,21,27H,11-13,15H2,1-10H3,(H,25,26). The topological polar surface area (TPSA) is 29.1 Å². The first kappa shape index (κ1) is 24.2. The summed E-state index contributed by atoms with van der Waals surface area (Å²) in [4.78, 5) is 12.5. The number of rotatable bonds is 8. The lowest BCUT2D eigenvalue weighted by Crippen LogP contribution is -2.51. The van der Waals surface area contributed by atoms with Crippen molar-refractivity contribution in [1.29, 1.82) is 0 Å². The summed E-state index contributed by atoms with van der Waals surface area (Å²) in [6, 6.07) is 1.20. The molecule has 1 rings (SSSR count). The summed E-state index contributed by atoms with van der Waals surface area (Å²) in [5.41, 5.74) is 1.99. The van der Waals surface area contributed by atoms with Crippen molar-refractivity contribution < 1.29 is 4.79 Å². The number of amides is 1. The van der Waals surface area contributed by atoms with Gasteiger partial charge in [-0.05, 0) is 41.8 Å². The molecular weight excluding hydrogens is 346 g/mol. The zero-order chi connectivity index (χ0) is 21.0. The first-order chi connectivity index (χ1) is 12.3. The number of carbonyl (C=O) groups is 1. The molecular formula is C24H44NOSi. The van der Waals surface area contributed by atoms with Gasteiger partial charge in [0.2, 0.25) is 5.91 Å². The Morgan fingerprint density at radius 1 is 1.11 bits per heavy atom. The summed E-state index contributed by atoms with van der Waals surface area (Å²) < 4.78 is 0. The molecule has 1 N–H and O–H groups in total. The molecule has 0 bridgehead atoms. The molecule has 3 heteroatoms. The summed E-state index contributed by atoms with van der Waals surface area (Å²) >= 11 is 0. The molecule has 0 saturated carbocycles. The van der Waals surface area contributed by atoms with Gasteiger partial charge in [-0.3, -0.25) is 4.79 Å². The van der Waals surface area contributed by atoms with Gasteiger partial charge >= 0.3 is 0 Å². The molecule has 0 saturated heterocycles. The SMILES string of the molecule is CCCC(=O)N[C](C)C([SiH](C(C)(C)C)C(C)(C)C)C1(CC)C=CC=C1CC. The summed E-state index contributed by atoms with van der Waals surface area (Å²) in [5.74, 6) is 0.172. The lowest BCUT2D eigenvalue weighted by molar-refractivity contribution is -0.121. The van der Waals surface area contributed by atoms with Crippen LogP contribution in [-0.4, -0.2) is 14.7 Å². The molecule has 27 heavy (non-hydrogen) atoms. The second-order valence-corrected chi connectivity index (χ2v) is 15.6. The monoisotopic (exact) mass is 390 g/mol. The van der Waals surface area contributed by atoms with Gasteiger partial charge in [-0.25, -0.2) is 0 Å². The van der Waals surface area contributed by atoms with Crippen LogP contribution in [0.3, 0.4) is 0 Å². The van der Waals surface area contributed by atoms with Crippen LogP contribution in [0.1, 0.15) is 94.9 Å². The van der Waals surface area contributed by atoms with E-state index in [0.717, 1.165) is 19.3 Å². The lowest BCUT2D eigenvalue weighted by Gasteiger charge is -2.53. The van der Waals surface area contributed by atoms with Crippen LogP contribution in [0.25, 0.3) is 0 Å². The maximum atomic E-state index is 12.5. The number of carbonyl (C=O) groups excluding carboxylic acids is 1. The van der Waals surface area contributed by atoms with Crippen LogP contribution in [0.4, 0.5) is 0 Å². The van der Waals surface area contributed by atoms with E-state index in [0.29, 0.717) is 12.0 Å². The van der Waals surface area contributed by atoms with E-state index < -0.39 is 8.80 Å². The van der Waals surface area contributed by atoms with Crippen molar-refractivity contribution in [3.63, 3.8) is 0 Å². The minimum absolute atomic E-state index is 0.0514. The quantitative estimate of drug-likeness (QED) is 0.446. The molecule has 0 aromatic heterocycles. The Bertz CT molecular complexity index is 550. The highest BCUT2D eigenvalue weighted by molar-refractivity contribution is 6.67. The highest BCUT2D eigenvalue weighted by atomic mass is 28.3. The van der Waals surface area contributed by atoms with E-state index in [9.17, 15) is 4.79 Å². The van der Waals surface area contributed by atoms with Gasteiger partial charge < -0.3 is 5.32 Å². The van der Waals surface area contributed by atoms with Crippen molar-refractivity contribution >= 4 is 14.7 Å². The highest BCUT2D eigenvalue weighted by Crippen LogP contribution is 2.61. The summed E-state index contributed by atoms with van der Waals surface area (Å²) in [6.07, 6.45) is 10.7. The van der Waals surface area contributed by atoms with Crippen molar-refractivity contribution in [2.24, 2.45) is 5.41 Å². The molecule has 155 valence electrons. The van der Waals surface area contributed by atoms with Gasteiger partial charge in [0.15, 0.2) is 0 Å². The van der Waals surface area contributed by atoms with Gasteiger partial charge in [0, 0.05) is 11.8 Å². The Morgan fingerprint density at radius 2 is 1.67 bits per heavy atom. The normalized spacial score (nSPS) is 21.7. The maximum Gasteiger partial charge on any atom is 0.220 e. The van der Waals surface area contributed by atoms with Crippen LogP contribution < -0.4 is 5.32 Å².